The highest BCUT2D eigenvalue weighted by Crippen LogP contribution is 2.67. The Hall–Kier alpha value is -2.85. The minimum absolute atomic E-state index is 0.139. The van der Waals surface area contributed by atoms with Crippen LogP contribution in [0, 0.1) is 6.57 Å². The maximum atomic E-state index is 13.1. The van der Waals surface area contributed by atoms with Crippen LogP contribution in [-0.4, -0.2) is 24.6 Å². The molecule has 2 bridgehead atoms. The monoisotopic (exact) mass is 423 g/mol. The lowest BCUT2D eigenvalue weighted by molar-refractivity contribution is -0.0807. The van der Waals surface area contributed by atoms with Gasteiger partial charge in [0.05, 0.1) is 22.6 Å². The van der Waals surface area contributed by atoms with Crippen molar-refractivity contribution in [1.29, 1.82) is 0 Å². The highest BCUT2D eigenvalue weighted by atomic mass is 32.2. The predicted octanol–water partition coefficient (Wildman–Crippen LogP) is 4.38. The standard InChI is InChI=1S/C23H25N3O3S/c1-21(2,3)30(28,29)26-19-12-17(24-4)10-11-18(19)20(27)25-23-13-22(14-23,15-23)16-8-6-5-7-9-16/h5-12,26H,13-15H2,1-3H3,(H,25,27). The van der Waals surface area contributed by atoms with Gasteiger partial charge in [0.15, 0.2) is 5.69 Å². The van der Waals surface area contributed by atoms with Crippen LogP contribution in [-0.2, 0) is 15.4 Å². The number of hydrogen-bond donors (Lipinski definition) is 2. The van der Waals surface area contributed by atoms with Crippen molar-refractivity contribution in [1.82, 2.24) is 5.32 Å². The summed E-state index contributed by atoms with van der Waals surface area (Å²) in [4.78, 5) is 16.4. The molecule has 30 heavy (non-hydrogen) atoms. The maximum absolute atomic E-state index is 13.1. The zero-order chi connectivity index (χ0) is 21.8. The number of nitrogens with zero attached hydrogens (tertiary/aromatic N) is 1. The molecule has 0 aromatic heterocycles. The van der Waals surface area contributed by atoms with Crippen LogP contribution in [0.3, 0.4) is 0 Å². The van der Waals surface area contributed by atoms with Crippen molar-refractivity contribution < 1.29 is 13.2 Å². The zero-order valence-electron chi connectivity index (χ0n) is 17.3. The first-order chi connectivity index (χ1) is 14.0. The second-order valence-corrected chi connectivity index (χ2v) is 11.9. The Morgan fingerprint density at radius 1 is 1.07 bits per heavy atom. The van der Waals surface area contributed by atoms with E-state index >= 15 is 0 Å². The van der Waals surface area contributed by atoms with Gasteiger partial charge in [-0.2, -0.15) is 0 Å². The molecule has 0 unspecified atom stereocenters. The third-order valence-electron chi connectivity index (χ3n) is 6.22. The molecule has 7 heteroatoms. The van der Waals surface area contributed by atoms with E-state index in [2.05, 4.69) is 27.0 Å². The first-order valence-electron chi connectivity index (χ1n) is 9.91. The van der Waals surface area contributed by atoms with E-state index < -0.39 is 14.8 Å². The first-order valence-corrected chi connectivity index (χ1v) is 11.4. The summed E-state index contributed by atoms with van der Waals surface area (Å²) in [6.07, 6.45) is 2.66. The fraction of sp³-hybridized carbons (Fsp3) is 0.391. The first kappa shape index (κ1) is 20.4. The second-order valence-electron chi connectivity index (χ2n) is 9.47. The van der Waals surface area contributed by atoms with Crippen LogP contribution >= 0.6 is 0 Å². The Kier molecular flexibility index (Phi) is 4.48. The molecule has 0 spiro atoms. The predicted molar refractivity (Wildman–Crippen MR) is 117 cm³/mol. The third kappa shape index (κ3) is 3.25. The van der Waals surface area contributed by atoms with E-state index in [0.29, 0.717) is 0 Å². The largest absolute Gasteiger partial charge is 0.346 e. The second kappa shape index (κ2) is 6.58. The van der Waals surface area contributed by atoms with Gasteiger partial charge in [0.2, 0.25) is 10.0 Å². The molecule has 3 aliphatic carbocycles. The summed E-state index contributed by atoms with van der Waals surface area (Å²) in [7, 11) is -3.74. The number of hydrogen-bond acceptors (Lipinski definition) is 3. The Balaban J connectivity index is 1.54. The lowest BCUT2D eigenvalue weighted by Crippen LogP contribution is -2.76. The number of benzene rings is 2. The SMILES string of the molecule is [C-]#[N+]c1ccc(C(=O)NC23CC(c4ccccc4)(C2)C3)c(NS(=O)(=O)C(C)(C)C)c1. The van der Waals surface area contributed by atoms with Gasteiger partial charge in [0.25, 0.3) is 5.91 Å². The van der Waals surface area contributed by atoms with E-state index in [1.54, 1.807) is 20.8 Å². The van der Waals surface area contributed by atoms with Gasteiger partial charge in [-0.05, 0) is 51.7 Å². The van der Waals surface area contributed by atoms with Gasteiger partial charge in [0, 0.05) is 11.0 Å². The Labute approximate surface area is 177 Å². The summed E-state index contributed by atoms with van der Waals surface area (Å²) in [5, 5.41) is 3.12. The van der Waals surface area contributed by atoms with Crippen LogP contribution in [0.15, 0.2) is 48.5 Å². The number of carbonyl (C=O) groups is 1. The number of nitrogens with one attached hydrogen (secondary N) is 2. The highest BCUT2D eigenvalue weighted by Gasteiger charge is 2.68. The molecule has 156 valence electrons. The minimum Gasteiger partial charge on any atom is -0.346 e. The van der Waals surface area contributed by atoms with E-state index in [-0.39, 0.29) is 33.8 Å². The molecule has 2 N–H and O–H groups in total. The molecule has 3 aliphatic rings. The minimum atomic E-state index is -3.74. The Morgan fingerprint density at radius 3 is 2.27 bits per heavy atom. The van der Waals surface area contributed by atoms with E-state index in [1.165, 1.54) is 23.8 Å². The van der Waals surface area contributed by atoms with Crippen LogP contribution in [0.5, 0.6) is 0 Å². The molecule has 3 saturated carbocycles. The molecule has 0 heterocycles. The van der Waals surface area contributed by atoms with Crippen LogP contribution in [0.4, 0.5) is 11.4 Å². The normalized spacial score (nSPS) is 24.7. The van der Waals surface area contributed by atoms with Crippen LogP contribution in [0.2, 0.25) is 0 Å². The molecular weight excluding hydrogens is 398 g/mol. The number of rotatable bonds is 5. The van der Waals surface area contributed by atoms with Crippen molar-refractivity contribution in [2.75, 3.05) is 4.72 Å². The average Bonchev–Trinajstić information content (AvgIpc) is 2.62. The zero-order valence-corrected chi connectivity index (χ0v) is 18.1. The van der Waals surface area contributed by atoms with Crippen molar-refractivity contribution in [3.05, 3.63) is 71.1 Å². The topological polar surface area (TPSA) is 79.6 Å². The molecule has 0 radical (unpaired) electrons. The van der Waals surface area contributed by atoms with Crippen molar-refractivity contribution in [2.24, 2.45) is 0 Å². The summed E-state index contributed by atoms with van der Waals surface area (Å²) in [6.45, 7) is 12.0. The summed E-state index contributed by atoms with van der Waals surface area (Å²) >= 11 is 0. The molecule has 3 fully saturated rings. The summed E-state index contributed by atoms with van der Waals surface area (Å²) < 4.78 is 26.7. The van der Waals surface area contributed by atoms with E-state index in [1.807, 2.05) is 18.2 Å². The molecule has 0 saturated heterocycles. The molecule has 2 aromatic rings. The molecule has 1 amide bonds. The van der Waals surface area contributed by atoms with Crippen LogP contribution < -0.4 is 10.0 Å². The summed E-state index contributed by atoms with van der Waals surface area (Å²) in [5.41, 5.74) is 1.87. The van der Waals surface area contributed by atoms with Crippen molar-refractivity contribution in [2.45, 2.75) is 55.7 Å². The van der Waals surface area contributed by atoms with Crippen LogP contribution in [0.1, 0.15) is 56.0 Å². The number of carbonyl (C=O) groups excluding carboxylic acids is 1. The average molecular weight is 424 g/mol. The third-order valence-corrected chi connectivity index (χ3v) is 8.32. The fourth-order valence-corrected chi connectivity index (χ4v) is 5.27. The van der Waals surface area contributed by atoms with Crippen molar-refractivity contribution >= 4 is 27.3 Å². The van der Waals surface area contributed by atoms with E-state index in [9.17, 15) is 13.2 Å². The van der Waals surface area contributed by atoms with Gasteiger partial charge in [-0.25, -0.2) is 13.3 Å². The van der Waals surface area contributed by atoms with Crippen LogP contribution in [0.25, 0.3) is 4.85 Å². The van der Waals surface area contributed by atoms with E-state index in [0.717, 1.165) is 19.3 Å². The molecular formula is C23H25N3O3S. The summed E-state index contributed by atoms with van der Waals surface area (Å²) in [6, 6.07) is 14.8. The van der Waals surface area contributed by atoms with Gasteiger partial charge < -0.3 is 5.32 Å². The quantitative estimate of drug-likeness (QED) is 0.701. The smallest absolute Gasteiger partial charge is 0.253 e. The molecule has 0 atom stereocenters. The molecule has 2 aromatic carbocycles. The van der Waals surface area contributed by atoms with Gasteiger partial charge >= 0.3 is 0 Å². The van der Waals surface area contributed by atoms with Gasteiger partial charge in [0.1, 0.15) is 0 Å². The number of sulfonamides is 1. The van der Waals surface area contributed by atoms with Crippen molar-refractivity contribution in [3.8, 4) is 0 Å². The lowest BCUT2D eigenvalue weighted by atomic mass is 9.37. The van der Waals surface area contributed by atoms with Gasteiger partial charge in [-0.15, -0.1) is 0 Å². The highest BCUT2D eigenvalue weighted by molar-refractivity contribution is 7.94. The van der Waals surface area contributed by atoms with E-state index in [4.69, 9.17) is 6.57 Å². The summed E-state index contributed by atoms with van der Waals surface area (Å²) in [5.74, 6) is -0.320. The molecule has 5 rings (SSSR count). The lowest BCUT2D eigenvalue weighted by Gasteiger charge is -2.71. The van der Waals surface area contributed by atoms with Gasteiger partial charge in [-0.1, -0.05) is 42.5 Å². The fourth-order valence-electron chi connectivity index (χ4n) is 4.51. The molecule has 6 nitrogen and oxygen atoms in total. The Bertz CT molecular complexity index is 1140. The Morgan fingerprint density at radius 2 is 1.70 bits per heavy atom. The number of amides is 1. The maximum Gasteiger partial charge on any atom is 0.253 e. The molecule has 0 aliphatic heterocycles. The van der Waals surface area contributed by atoms with Crippen molar-refractivity contribution in [3.63, 3.8) is 0 Å². The number of anilines is 1. The van der Waals surface area contributed by atoms with Gasteiger partial charge in [-0.3, -0.25) is 9.52 Å².